The van der Waals surface area contributed by atoms with Crippen LogP contribution >= 0.6 is 0 Å². The van der Waals surface area contributed by atoms with E-state index in [1.54, 1.807) is 23.1 Å². The molecule has 5 nitrogen and oxygen atoms in total. The molecule has 0 unspecified atom stereocenters. The summed E-state index contributed by atoms with van der Waals surface area (Å²) in [5, 5.41) is 2.62. The van der Waals surface area contributed by atoms with Crippen molar-refractivity contribution in [3.8, 4) is 5.75 Å². The standard InChI is InChI=1S/C20H23FN2O3/c21-18-8-4-5-9-19(18)22-20(24)23-12-10-17(11-13-23)26-15-14-25-16-6-2-1-3-7-16/h1-9,17H,10-15H2,(H,22,24). The second kappa shape index (κ2) is 9.20. The van der Waals surface area contributed by atoms with Gasteiger partial charge in [0.1, 0.15) is 18.2 Å². The summed E-state index contributed by atoms with van der Waals surface area (Å²) >= 11 is 0. The third kappa shape index (κ3) is 5.20. The number of amides is 2. The summed E-state index contributed by atoms with van der Waals surface area (Å²) in [5.74, 6) is 0.396. The Labute approximate surface area is 152 Å². The van der Waals surface area contributed by atoms with Gasteiger partial charge in [0, 0.05) is 13.1 Å². The summed E-state index contributed by atoms with van der Waals surface area (Å²) < 4.78 is 25.0. The summed E-state index contributed by atoms with van der Waals surface area (Å²) in [6, 6.07) is 15.5. The third-order valence-corrected chi connectivity index (χ3v) is 4.29. The van der Waals surface area contributed by atoms with Gasteiger partial charge in [-0.15, -0.1) is 0 Å². The van der Waals surface area contributed by atoms with Crippen molar-refractivity contribution in [2.24, 2.45) is 0 Å². The monoisotopic (exact) mass is 358 g/mol. The quantitative estimate of drug-likeness (QED) is 0.797. The number of nitrogens with zero attached hydrogens (tertiary/aromatic N) is 1. The molecule has 1 saturated heterocycles. The summed E-state index contributed by atoms with van der Waals surface area (Å²) in [4.78, 5) is 13.9. The van der Waals surface area contributed by atoms with Crippen LogP contribution in [0.5, 0.6) is 5.75 Å². The van der Waals surface area contributed by atoms with Crippen molar-refractivity contribution >= 4 is 11.7 Å². The minimum Gasteiger partial charge on any atom is -0.491 e. The zero-order valence-corrected chi connectivity index (χ0v) is 14.6. The van der Waals surface area contributed by atoms with Gasteiger partial charge in [0.25, 0.3) is 0 Å². The Balaban J connectivity index is 1.35. The van der Waals surface area contributed by atoms with Crippen LogP contribution in [0.3, 0.4) is 0 Å². The Kier molecular flexibility index (Phi) is 6.44. The second-order valence-corrected chi connectivity index (χ2v) is 6.13. The molecule has 1 aliphatic heterocycles. The van der Waals surface area contributed by atoms with Gasteiger partial charge in [-0.25, -0.2) is 9.18 Å². The number of hydrogen-bond donors (Lipinski definition) is 1. The van der Waals surface area contributed by atoms with E-state index in [1.807, 2.05) is 30.3 Å². The number of ether oxygens (including phenoxy) is 2. The lowest BCUT2D eigenvalue weighted by atomic mass is 10.1. The zero-order valence-electron chi connectivity index (χ0n) is 14.6. The molecule has 0 atom stereocenters. The van der Waals surface area contributed by atoms with E-state index >= 15 is 0 Å². The first kappa shape index (κ1) is 18.2. The van der Waals surface area contributed by atoms with Crippen molar-refractivity contribution in [3.05, 3.63) is 60.4 Å². The highest BCUT2D eigenvalue weighted by Gasteiger charge is 2.23. The first-order valence-electron chi connectivity index (χ1n) is 8.82. The topological polar surface area (TPSA) is 50.8 Å². The molecule has 1 aliphatic rings. The fourth-order valence-electron chi connectivity index (χ4n) is 2.87. The van der Waals surface area contributed by atoms with Crippen LogP contribution in [0.2, 0.25) is 0 Å². The van der Waals surface area contributed by atoms with E-state index in [9.17, 15) is 9.18 Å². The van der Waals surface area contributed by atoms with Crippen LogP contribution in [0.15, 0.2) is 54.6 Å². The third-order valence-electron chi connectivity index (χ3n) is 4.29. The molecule has 2 aromatic carbocycles. The Morgan fingerprint density at radius 1 is 1.04 bits per heavy atom. The van der Waals surface area contributed by atoms with Crippen molar-refractivity contribution in [2.45, 2.75) is 18.9 Å². The van der Waals surface area contributed by atoms with Gasteiger partial charge in [0.2, 0.25) is 0 Å². The van der Waals surface area contributed by atoms with Crippen LogP contribution < -0.4 is 10.1 Å². The molecule has 0 aliphatic carbocycles. The van der Waals surface area contributed by atoms with Crippen LogP contribution in [-0.2, 0) is 4.74 Å². The van der Waals surface area contributed by atoms with Crippen LogP contribution in [0.4, 0.5) is 14.9 Å². The molecule has 0 radical (unpaired) electrons. The van der Waals surface area contributed by atoms with Gasteiger partial charge in [-0.1, -0.05) is 30.3 Å². The number of anilines is 1. The summed E-state index contributed by atoms with van der Waals surface area (Å²) in [7, 11) is 0. The number of carbonyl (C=O) groups excluding carboxylic acids is 1. The maximum atomic E-state index is 13.6. The van der Waals surface area contributed by atoms with E-state index < -0.39 is 5.82 Å². The molecular formula is C20H23FN2O3. The maximum absolute atomic E-state index is 13.6. The second-order valence-electron chi connectivity index (χ2n) is 6.13. The molecule has 0 spiro atoms. The van der Waals surface area contributed by atoms with Crippen molar-refractivity contribution in [1.82, 2.24) is 4.90 Å². The maximum Gasteiger partial charge on any atom is 0.321 e. The van der Waals surface area contributed by atoms with Crippen molar-refractivity contribution in [3.63, 3.8) is 0 Å². The fraction of sp³-hybridized carbons (Fsp3) is 0.350. The van der Waals surface area contributed by atoms with Gasteiger partial charge in [0.05, 0.1) is 18.4 Å². The molecule has 1 N–H and O–H groups in total. The Morgan fingerprint density at radius 2 is 1.73 bits per heavy atom. The Hall–Kier alpha value is -2.60. The first-order chi connectivity index (χ1) is 12.7. The van der Waals surface area contributed by atoms with Crippen molar-refractivity contribution in [1.29, 1.82) is 0 Å². The summed E-state index contributed by atoms with van der Waals surface area (Å²) in [6.07, 6.45) is 1.64. The molecule has 0 saturated carbocycles. The smallest absolute Gasteiger partial charge is 0.321 e. The first-order valence-corrected chi connectivity index (χ1v) is 8.82. The van der Waals surface area contributed by atoms with Gasteiger partial charge in [-0.2, -0.15) is 0 Å². The Morgan fingerprint density at radius 3 is 2.46 bits per heavy atom. The number of para-hydroxylation sites is 2. The number of urea groups is 1. The number of piperidine rings is 1. The largest absolute Gasteiger partial charge is 0.491 e. The highest BCUT2D eigenvalue weighted by Crippen LogP contribution is 2.17. The number of benzene rings is 2. The van der Waals surface area contributed by atoms with Crippen molar-refractivity contribution in [2.75, 3.05) is 31.6 Å². The number of hydrogen-bond acceptors (Lipinski definition) is 3. The highest BCUT2D eigenvalue weighted by atomic mass is 19.1. The van der Waals surface area contributed by atoms with E-state index in [0.29, 0.717) is 26.3 Å². The van der Waals surface area contributed by atoms with E-state index in [-0.39, 0.29) is 17.8 Å². The van der Waals surface area contributed by atoms with Crippen LogP contribution in [0.25, 0.3) is 0 Å². The van der Waals surface area contributed by atoms with Crippen LogP contribution in [0, 0.1) is 5.82 Å². The summed E-state index contributed by atoms with van der Waals surface area (Å²) in [6.45, 7) is 2.19. The van der Waals surface area contributed by atoms with Gasteiger partial charge >= 0.3 is 6.03 Å². The van der Waals surface area contributed by atoms with Crippen LogP contribution in [0.1, 0.15) is 12.8 Å². The van der Waals surface area contributed by atoms with Crippen LogP contribution in [-0.4, -0.2) is 43.3 Å². The predicted molar refractivity (Wildman–Crippen MR) is 97.9 cm³/mol. The molecule has 0 bridgehead atoms. The number of halogens is 1. The molecule has 0 aromatic heterocycles. The molecule has 1 fully saturated rings. The lowest BCUT2D eigenvalue weighted by Gasteiger charge is -2.32. The molecule has 2 aromatic rings. The number of nitrogens with one attached hydrogen (secondary N) is 1. The minimum atomic E-state index is -0.433. The Bertz CT molecular complexity index is 703. The number of likely N-dealkylation sites (tertiary alicyclic amines) is 1. The van der Waals surface area contributed by atoms with Gasteiger partial charge in [0.15, 0.2) is 0 Å². The van der Waals surface area contributed by atoms with Crippen molar-refractivity contribution < 1.29 is 18.7 Å². The highest BCUT2D eigenvalue weighted by molar-refractivity contribution is 5.89. The molecule has 6 heteroatoms. The molecule has 1 heterocycles. The van der Waals surface area contributed by atoms with E-state index in [1.165, 1.54) is 6.07 Å². The molecule has 3 rings (SSSR count). The van der Waals surface area contributed by atoms with E-state index in [0.717, 1.165) is 18.6 Å². The average molecular weight is 358 g/mol. The zero-order chi connectivity index (χ0) is 18.2. The molecule has 2 amide bonds. The predicted octanol–water partition coefficient (Wildman–Crippen LogP) is 3.92. The van der Waals surface area contributed by atoms with Gasteiger partial charge < -0.3 is 19.7 Å². The van der Waals surface area contributed by atoms with E-state index in [4.69, 9.17) is 9.47 Å². The summed E-state index contributed by atoms with van der Waals surface area (Å²) in [5.41, 5.74) is 0.203. The lowest BCUT2D eigenvalue weighted by molar-refractivity contribution is 0.00272. The molecule has 26 heavy (non-hydrogen) atoms. The SMILES string of the molecule is O=C(Nc1ccccc1F)N1CCC(OCCOc2ccccc2)CC1. The number of carbonyl (C=O) groups is 1. The fourth-order valence-corrected chi connectivity index (χ4v) is 2.87. The number of rotatable bonds is 6. The normalized spacial score (nSPS) is 14.9. The average Bonchev–Trinajstić information content (AvgIpc) is 2.68. The minimum absolute atomic E-state index is 0.117. The van der Waals surface area contributed by atoms with E-state index in [2.05, 4.69) is 5.32 Å². The lowest BCUT2D eigenvalue weighted by Crippen LogP contribution is -2.43. The van der Waals surface area contributed by atoms with Gasteiger partial charge in [-0.05, 0) is 37.1 Å². The molecular weight excluding hydrogens is 335 g/mol. The molecule has 138 valence electrons. The van der Waals surface area contributed by atoms with Gasteiger partial charge in [-0.3, -0.25) is 0 Å².